The number of aliphatic hydroxyl groups excluding tert-OH is 1. The maximum atomic E-state index is 10.5. The van der Waals surface area contributed by atoms with E-state index in [1.807, 2.05) is 48.5 Å². The van der Waals surface area contributed by atoms with Crippen LogP contribution in [0.4, 0.5) is 5.69 Å². The van der Waals surface area contributed by atoms with E-state index in [9.17, 15) is 5.11 Å². The molecule has 1 saturated heterocycles. The Bertz CT molecular complexity index is 944. The summed E-state index contributed by atoms with van der Waals surface area (Å²) in [6.07, 6.45) is -0.522. The van der Waals surface area contributed by atoms with Crippen molar-refractivity contribution in [3.05, 3.63) is 66.7 Å². The molecule has 3 aromatic carbocycles. The number of para-hydroxylation sites is 2. The molecule has 0 saturated carbocycles. The molecule has 1 N–H and O–H groups in total. The number of ether oxygens (including phenoxy) is 2. The number of anilines is 1. The molecule has 0 radical (unpaired) electrons. The van der Waals surface area contributed by atoms with Crippen LogP contribution < -0.4 is 14.4 Å². The second-order valence-electron chi connectivity index (χ2n) is 7.40. The highest BCUT2D eigenvalue weighted by atomic mass is 35.5. The zero-order chi connectivity index (χ0) is 20.1. The monoisotopic (exact) mass is 464 g/mol. The topological polar surface area (TPSA) is 45.2 Å². The first-order valence-corrected chi connectivity index (χ1v) is 10.1. The van der Waals surface area contributed by atoms with E-state index in [0.717, 1.165) is 54.1 Å². The Morgan fingerprint density at radius 3 is 2.26 bits per heavy atom. The highest BCUT2D eigenvalue weighted by Crippen LogP contribution is 2.28. The zero-order valence-electron chi connectivity index (χ0n) is 17.6. The Kier molecular flexibility index (Phi) is 9.72. The summed E-state index contributed by atoms with van der Waals surface area (Å²) in [5.41, 5.74) is 1.13. The molecular weight excluding hydrogens is 435 g/mol. The van der Waals surface area contributed by atoms with Gasteiger partial charge in [0.25, 0.3) is 0 Å². The lowest BCUT2D eigenvalue weighted by molar-refractivity contribution is 0.0668. The van der Waals surface area contributed by atoms with Gasteiger partial charge in [-0.15, -0.1) is 24.8 Å². The van der Waals surface area contributed by atoms with Gasteiger partial charge in [-0.25, -0.2) is 0 Å². The lowest BCUT2D eigenvalue weighted by Crippen LogP contribution is -2.49. The van der Waals surface area contributed by atoms with E-state index < -0.39 is 6.10 Å². The third-order valence-corrected chi connectivity index (χ3v) is 5.45. The molecule has 1 aliphatic heterocycles. The highest BCUT2D eigenvalue weighted by molar-refractivity contribution is 5.88. The predicted molar refractivity (Wildman–Crippen MR) is 132 cm³/mol. The molecular formula is C24H30Cl2N2O3. The molecule has 7 heteroatoms. The number of rotatable bonds is 7. The van der Waals surface area contributed by atoms with Gasteiger partial charge in [-0.2, -0.15) is 0 Å². The van der Waals surface area contributed by atoms with Gasteiger partial charge in [0, 0.05) is 38.1 Å². The van der Waals surface area contributed by atoms with Crippen LogP contribution in [-0.4, -0.2) is 62.6 Å². The molecule has 0 amide bonds. The molecule has 1 fully saturated rings. The van der Waals surface area contributed by atoms with Crippen molar-refractivity contribution in [1.82, 2.24) is 4.90 Å². The van der Waals surface area contributed by atoms with E-state index in [0.29, 0.717) is 13.2 Å². The molecule has 0 aromatic heterocycles. The molecule has 1 heterocycles. The minimum absolute atomic E-state index is 0. The fourth-order valence-electron chi connectivity index (χ4n) is 3.92. The summed E-state index contributed by atoms with van der Waals surface area (Å²) in [5.74, 6) is 1.73. The van der Waals surface area contributed by atoms with Gasteiger partial charge in [0.15, 0.2) is 0 Å². The second-order valence-corrected chi connectivity index (χ2v) is 7.40. The fourth-order valence-corrected chi connectivity index (χ4v) is 3.92. The molecule has 1 unspecified atom stereocenters. The van der Waals surface area contributed by atoms with Crippen molar-refractivity contribution >= 4 is 41.3 Å². The number of piperazine rings is 1. The van der Waals surface area contributed by atoms with Crippen LogP contribution in [0.25, 0.3) is 10.8 Å². The van der Waals surface area contributed by atoms with Crippen molar-refractivity contribution in [2.45, 2.75) is 6.10 Å². The van der Waals surface area contributed by atoms with Crippen LogP contribution in [0.15, 0.2) is 66.7 Å². The van der Waals surface area contributed by atoms with Crippen molar-refractivity contribution in [3.63, 3.8) is 0 Å². The minimum atomic E-state index is -0.522. The van der Waals surface area contributed by atoms with E-state index in [1.54, 1.807) is 7.11 Å². The quantitative estimate of drug-likeness (QED) is 0.565. The molecule has 31 heavy (non-hydrogen) atoms. The summed E-state index contributed by atoms with van der Waals surface area (Å²) in [6, 6.07) is 22.3. The molecule has 0 bridgehead atoms. The number of hydrogen-bond donors (Lipinski definition) is 1. The zero-order valence-corrected chi connectivity index (χ0v) is 19.3. The van der Waals surface area contributed by atoms with Crippen LogP contribution in [0.1, 0.15) is 0 Å². The van der Waals surface area contributed by atoms with E-state index in [4.69, 9.17) is 9.47 Å². The van der Waals surface area contributed by atoms with Crippen molar-refractivity contribution < 1.29 is 14.6 Å². The fraction of sp³-hybridized carbons (Fsp3) is 0.333. The van der Waals surface area contributed by atoms with Gasteiger partial charge in [-0.05, 0) is 23.6 Å². The third-order valence-electron chi connectivity index (χ3n) is 5.45. The molecule has 5 nitrogen and oxygen atoms in total. The van der Waals surface area contributed by atoms with E-state index in [-0.39, 0.29) is 24.8 Å². The average molecular weight is 465 g/mol. The van der Waals surface area contributed by atoms with Crippen molar-refractivity contribution in [1.29, 1.82) is 0 Å². The number of halogens is 2. The Hall–Kier alpha value is -2.18. The van der Waals surface area contributed by atoms with Crippen molar-refractivity contribution in [3.8, 4) is 11.5 Å². The van der Waals surface area contributed by atoms with E-state index in [2.05, 4.69) is 28.0 Å². The van der Waals surface area contributed by atoms with E-state index in [1.165, 1.54) is 0 Å². The van der Waals surface area contributed by atoms with Gasteiger partial charge in [0.1, 0.15) is 24.2 Å². The minimum Gasteiger partial charge on any atom is -0.495 e. The third kappa shape index (κ3) is 6.17. The summed E-state index contributed by atoms with van der Waals surface area (Å²) < 4.78 is 11.4. The molecule has 4 rings (SSSR count). The van der Waals surface area contributed by atoms with E-state index >= 15 is 0 Å². The summed E-state index contributed by atoms with van der Waals surface area (Å²) >= 11 is 0. The second kappa shape index (κ2) is 12.0. The van der Waals surface area contributed by atoms with Gasteiger partial charge in [0.05, 0.1) is 12.8 Å². The van der Waals surface area contributed by atoms with Gasteiger partial charge in [0.2, 0.25) is 0 Å². The lowest BCUT2D eigenvalue weighted by Gasteiger charge is -2.37. The first-order valence-electron chi connectivity index (χ1n) is 10.1. The average Bonchev–Trinajstić information content (AvgIpc) is 2.78. The molecule has 168 valence electrons. The number of aliphatic hydroxyl groups is 1. The molecule has 0 spiro atoms. The maximum absolute atomic E-state index is 10.5. The first kappa shape index (κ1) is 25.1. The largest absolute Gasteiger partial charge is 0.495 e. The van der Waals surface area contributed by atoms with Crippen LogP contribution in [0, 0.1) is 0 Å². The standard InChI is InChI=1S/C24H28N2O3.2ClH/c1-28-24-11-5-4-10-22(24)26-15-13-25(14-16-26)17-20(27)18-29-23-12-6-8-19-7-2-3-9-21(19)23;;/h2-12,20,27H,13-18H2,1H3;2*1H. The predicted octanol–water partition coefficient (Wildman–Crippen LogP) is 4.25. The summed E-state index contributed by atoms with van der Waals surface area (Å²) in [5, 5.41) is 12.7. The van der Waals surface area contributed by atoms with Crippen molar-refractivity contribution in [2.75, 3.05) is 51.3 Å². The van der Waals surface area contributed by atoms with Gasteiger partial charge in [-0.1, -0.05) is 48.5 Å². The van der Waals surface area contributed by atoms with Gasteiger partial charge in [-0.3, -0.25) is 4.90 Å². The van der Waals surface area contributed by atoms with Gasteiger partial charge < -0.3 is 19.5 Å². The summed E-state index contributed by atoms with van der Waals surface area (Å²) in [4.78, 5) is 4.64. The SMILES string of the molecule is COc1ccccc1N1CCN(CC(O)COc2cccc3ccccc23)CC1.Cl.Cl. The van der Waals surface area contributed by atoms with Crippen LogP contribution >= 0.6 is 24.8 Å². The number of hydrogen-bond acceptors (Lipinski definition) is 5. The Balaban J connectivity index is 0.00000171. The van der Waals surface area contributed by atoms with Crippen LogP contribution in [0.2, 0.25) is 0 Å². The lowest BCUT2D eigenvalue weighted by atomic mass is 10.1. The number of fused-ring (bicyclic) bond motifs is 1. The smallest absolute Gasteiger partial charge is 0.142 e. The highest BCUT2D eigenvalue weighted by Gasteiger charge is 2.21. The molecule has 0 aliphatic carbocycles. The summed E-state index contributed by atoms with van der Waals surface area (Å²) in [7, 11) is 1.71. The number of methoxy groups -OCH3 is 1. The van der Waals surface area contributed by atoms with Crippen LogP contribution in [0.5, 0.6) is 11.5 Å². The number of β-amino-alcohol motifs (C(OH)–C–C–N with tert-alkyl or cyclic N) is 1. The first-order chi connectivity index (χ1) is 14.2. The molecule has 1 atom stereocenters. The van der Waals surface area contributed by atoms with Gasteiger partial charge >= 0.3 is 0 Å². The number of benzene rings is 3. The normalized spacial score (nSPS) is 15.0. The Morgan fingerprint density at radius 1 is 0.839 bits per heavy atom. The summed E-state index contributed by atoms with van der Waals surface area (Å²) in [6.45, 7) is 4.55. The number of nitrogens with zero attached hydrogens (tertiary/aromatic N) is 2. The van der Waals surface area contributed by atoms with Crippen LogP contribution in [-0.2, 0) is 0 Å². The Labute approximate surface area is 196 Å². The van der Waals surface area contributed by atoms with Crippen molar-refractivity contribution in [2.24, 2.45) is 0 Å². The van der Waals surface area contributed by atoms with Crippen LogP contribution in [0.3, 0.4) is 0 Å². The molecule has 3 aromatic rings. The maximum Gasteiger partial charge on any atom is 0.142 e. The Morgan fingerprint density at radius 2 is 1.48 bits per heavy atom. The molecule has 1 aliphatic rings.